The molecule has 0 bridgehead atoms. The maximum atomic E-state index is 13.2. The third-order valence-electron chi connectivity index (χ3n) is 5.48. The van der Waals surface area contributed by atoms with Gasteiger partial charge in [-0.3, -0.25) is 9.59 Å². The Morgan fingerprint density at radius 1 is 0.800 bits per heavy atom. The zero-order chi connectivity index (χ0) is 21.9. The van der Waals surface area contributed by atoms with E-state index >= 15 is 0 Å². The van der Waals surface area contributed by atoms with Crippen molar-refractivity contribution in [2.24, 2.45) is 0 Å². The van der Waals surface area contributed by atoms with Crippen molar-refractivity contribution in [1.82, 2.24) is 9.80 Å². The van der Waals surface area contributed by atoms with Gasteiger partial charge in [-0.25, -0.2) is 0 Å². The Balaban J connectivity index is 1.83. The Kier molecular flexibility index (Phi) is 6.48. The van der Waals surface area contributed by atoms with Crippen LogP contribution in [0.2, 0.25) is 19.6 Å². The summed E-state index contributed by atoms with van der Waals surface area (Å²) in [6, 6.07) is 16.8. The van der Waals surface area contributed by atoms with Crippen LogP contribution in [0.4, 0.5) is 0 Å². The number of rotatable bonds is 4. The van der Waals surface area contributed by atoms with Crippen molar-refractivity contribution >= 4 is 19.9 Å². The molecule has 4 nitrogen and oxygen atoms in total. The van der Waals surface area contributed by atoms with Crippen molar-refractivity contribution in [3.05, 3.63) is 71.3 Å². The molecule has 0 aromatic heterocycles. The van der Waals surface area contributed by atoms with E-state index in [0.717, 1.165) is 16.7 Å². The Morgan fingerprint density at radius 2 is 1.33 bits per heavy atom. The Labute approximate surface area is 180 Å². The van der Waals surface area contributed by atoms with Gasteiger partial charge in [-0.15, -0.1) is 5.54 Å². The van der Waals surface area contributed by atoms with Gasteiger partial charge in [0, 0.05) is 32.5 Å². The average Bonchev–Trinajstić information content (AvgIpc) is 2.72. The molecule has 1 fully saturated rings. The number of carbonyl (C=O) groups excluding carboxylic acids is 2. The van der Waals surface area contributed by atoms with Gasteiger partial charge in [-0.05, 0) is 17.2 Å². The minimum absolute atomic E-state index is 0.0170. The lowest BCUT2D eigenvalue weighted by molar-refractivity contribution is -0.158. The van der Waals surface area contributed by atoms with Gasteiger partial charge >= 0.3 is 0 Å². The zero-order valence-electron chi connectivity index (χ0n) is 18.5. The number of hydrogen-bond acceptors (Lipinski definition) is 2. The summed E-state index contributed by atoms with van der Waals surface area (Å²) in [7, 11) is 1.97. The first-order chi connectivity index (χ1) is 14.2. The highest BCUT2D eigenvalue weighted by molar-refractivity contribution is 6.83. The second kappa shape index (κ2) is 8.89. The molecule has 0 radical (unpaired) electrons. The van der Waals surface area contributed by atoms with Crippen LogP contribution < -0.4 is 0 Å². The van der Waals surface area contributed by atoms with E-state index in [1.807, 2.05) is 54.6 Å². The van der Waals surface area contributed by atoms with Gasteiger partial charge in [-0.2, -0.15) is 0 Å². The molecule has 1 heterocycles. The number of likely N-dealkylation sites (N-methyl/N-ethyl adjacent to an activating group) is 2. The van der Waals surface area contributed by atoms with E-state index in [1.54, 1.807) is 23.9 Å². The van der Waals surface area contributed by atoms with Gasteiger partial charge in [0.1, 0.15) is 20.2 Å². The standard InChI is InChI=1S/C25H30N2O2Si/c1-26-22(17-19-11-7-6-8-12-19)24(28)27(2)23(25(26)29)18-21-14-10-9-13-20(21)15-16-30(3,4)5/h6-14,22-23H,17-18H2,1-5H3. The number of piperazine rings is 1. The molecule has 0 N–H and O–H groups in total. The molecule has 0 aliphatic carbocycles. The lowest BCUT2D eigenvalue weighted by Crippen LogP contribution is -2.63. The smallest absolute Gasteiger partial charge is 0.246 e. The summed E-state index contributed by atoms with van der Waals surface area (Å²) < 4.78 is 0. The zero-order valence-corrected chi connectivity index (χ0v) is 19.5. The predicted molar refractivity (Wildman–Crippen MR) is 124 cm³/mol. The fourth-order valence-corrected chi connectivity index (χ4v) is 4.19. The number of benzene rings is 2. The first kappa shape index (κ1) is 21.9. The van der Waals surface area contributed by atoms with Crippen LogP contribution in [0.3, 0.4) is 0 Å². The number of hydrogen-bond donors (Lipinski definition) is 0. The van der Waals surface area contributed by atoms with Crippen LogP contribution in [-0.2, 0) is 22.4 Å². The number of amides is 2. The molecule has 30 heavy (non-hydrogen) atoms. The van der Waals surface area contributed by atoms with Gasteiger partial charge in [0.25, 0.3) is 0 Å². The van der Waals surface area contributed by atoms with Gasteiger partial charge in [0.05, 0.1) is 0 Å². The van der Waals surface area contributed by atoms with Gasteiger partial charge in [-0.1, -0.05) is 74.1 Å². The van der Waals surface area contributed by atoms with Gasteiger partial charge in [0.2, 0.25) is 11.8 Å². The minimum atomic E-state index is -1.51. The second-order valence-electron chi connectivity index (χ2n) is 8.98. The van der Waals surface area contributed by atoms with Crippen molar-refractivity contribution in [1.29, 1.82) is 0 Å². The molecule has 2 aromatic carbocycles. The predicted octanol–water partition coefficient (Wildman–Crippen LogP) is 3.37. The molecule has 1 saturated heterocycles. The van der Waals surface area contributed by atoms with E-state index in [2.05, 4.69) is 31.1 Å². The first-order valence-corrected chi connectivity index (χ1v) is 13.9. The monoisotopic (exact) mass is 418 g/mol. The maximum absolute atomic E-state index is 13.2. The van der Waals surface area contributed by atoms with Crippen molar-refractivity contribution in [3.63, 3.8) is 0 Å². The fraction of sp³-hybridized carbons (Fsp3) is 0.360. The molecular formula is C25H30N2O2Si. The van der Waals surface area contributed by atoms with E-state index in [-0.39, 0.29) is 11.8 Å². The molecule has 0 spiro atoms. The van der Waals surface area contributed by atoms with Crippen LogP contribution in [0.25, 0.3) is 0 Å². The highest BCUT2D eigenvalue weighted by atomic mass is 28.3. The average molecular weight is 419 g/mol. The van der Waals surface area contributed by atoms with E-state index in [0.29, 0.717) is 12.8 Å². The molecule has 2 unspecified atom stereocenters. The van der Waals surface area contributed by atoms with Crippen LogP contribution >= 0.6 is 0 Å². The summed E-state index contributed by atoms with van der Waals surface area (Å²) in [5, 5.41) is 0. The fourth-order valence-electron chi connectivity index (χ4n) is 3.68. The van der Waals surface area contributed by atoms with E-state index < -0.39 is 20.2 Å². The Morgan fingerprint density at radius 3 is 1.93 bits per heavy atom. The van der Waals surface area contributed by atoms with E-state index in [1.165, 1.54) is 0 Å². The van der Waals surface area contributed by atoms with Gasteiger partial charge < -0.3 is 9.80 Å². The van der Waals surface area contributed by atoms with Crippen molar-refractivity contribution in [2.45, 2.75) is 44.6 Å². The molecule has 2 aromatic rings. The molecular weight excluding hydrogens is 388 g/mol. The summed E-state index contributed by atoms with van der Waals surface area (Å²) in [5.74, 6) is 3.28. The van der Waals surface area contributed by atoms with Crippen molar-refractivity contribution < 1.29 is 9.59 Å². The van der Waals surface area contributed by atoms with Crippen LogP contribution in [0, 0.1) is 11.5 Å². The van der Waals surface area contributed by atoms with E-state index in [9.17, 15) is 9.59 Å². The third kappa shape index (κ3) is 5.01. The third-order valence-corrected chi connectivity index (χ3v) is 6.35. The molecule has 3 rings (SSSR count). The maximum Gasteiger partial charge on any atom is 0.246 e. The minimum Gasteiger partial charge on any atom is -0.332 e. The van der Waals surface area contributed by atoms with Crippen molar-refractivity contribution in [3.8, 4) is 11.5 Å². The summed E-state index contributed by atoms with van der Waals surface area (Å²) >= 11 is 0. The second-order valence-corrected chi connectivity index (χ2v) is 13.7. The SMILES string of the molecule is CN1C(=O)C(Cc2ccccc2C#C[Si](C)(C)C)N(C)C(=O)C1Cc1ccccc1. The van der Waals surface area contributed by atoms with Crippen LogP contribution in [0.5, 0.6) is 0 Å². The molecule has 0 saturated carbocycles. The summed E-state index contributed by atoms with van der Waals surface area (Å²) in [6.45, 7) is 6.63. The highest BCUT2D eigenvalue weighted by Gasteiger charge is 2.42. The molecule has 1 aliphatic heterocycles. The largest absolute Gasteiger partial charge is 0.332 e. The summed E-state index contributed by atoms with van der Waals surface area (Å²) in [6.07, 6.45) is 0.997. The van der Waals surface area contributed by atoms with Crippen LogP contribution in [-0.4, -0.2) is 55.9 Å². The van der Waals surface area contributed by atoms with Gasteiger partial charge in [0.15, 0.2) is 0 Å². The van der Waals surface area contributed by atoms with Crippen LogP contribution in [0.15, 0.2) is 54.6 Å². The normalized spacial score (nSPS) is 19.5. The topological polar surface area (TPSA) is 40.6 Å². The molecule has 156 valence electrons. The lowest BCUT2D eigenvalue weighted by atomic mass is 9.94. The Bertz CT molecular complexity index is 985. The first-order valence-electron chi connectivity index (χ1n) is 10.4. The molecule has 5 heteroatoms. The molecule has 1 aliphatic rings. The number of nitrogens with zero attached hydrogens (tertiary/aromatic N) is 2. The highest BCUT2D eigenvalue weighted by Crippen LogP contribution is 2.23. The molecule has 2 atom stereocenters. The quantitative estimate of drug-likeness (QED) is 0.564. The summed E-state index contributed by atoms with van der Waals surface area (Å²) in [5.41, 5.74) is 6.41. The van der Waals surface area contributed by atoms with Crippen LogP contribution in [0.1, 0.15) is 16.7 Å². The molecule has 2 amide bonds. The van der Waals surface area contributed by atoms with E-state index in [4.69, 9.17) is 0 Å². The number of carbonyl (C=O) groups is 2. The van der Waals surface area contributed by atoms with Crippen molar-refractivity contribution in [2.75, 3.05) is 14.1 Å². The Hall–Kier alpha value is -2.84. The summed E-state index contributed by atoms with van der Waals surface area (Å²) in [4.78, 5) is 29.6. The lowest BCUT2D eigenvalue weighted by Gasteiger charge is -2.42.